The third-order valence-electron chi connectivity index (χ3n) is 1.54. The van der Waals surface area contributed by atoms with Crippen LogP contribution in [-0.4, -0.2) is 44.3 Å². The smallest absolute Gasteiger partial charge is 0.357 e. The van der Waals surface area contributed by atoms with Gasteiger partial charge in [-0.2, -0.15) is 5.10 Å². The molecule has 0 aromatic heterocycles. The first-order valence-corrected chi connectivity index (χ1v) is 3.71. The highest BCUT2D eigenvalue weighted by molar-refractivity contribution is 6.42. The van der Waals surface area contributed by atoms with Gasteiger partial charge in [0.25, 0.3) is 0 Å². The number of hydrogen-bond donors (Lipinski definition) is 1. The monoisotopic (exact) mass is 199 g/mol. The zero-order chi connectivity index (χ0) is 10.6. The molecule has 0 aromatic carbocycles. The molecule has 1 rings (SSSR count). The molecule has 14 heavy (non-hydrogen) atoms. The van der Waals surface area contributed by atoms with Crippen LogP contribution in [0.3, 0.4) is 0 Å². The summed E-state index contributed by atoms with van der Waals surface area (Å²) in [5.74, 6) is -1.38. The van der Waals surface area contributed by atoms with Gasteiger partial charge in [-0.15, -0.1) is 0 Å². The fourth-order valence-electron chi connectivity index (χ4n) is 0.884. The van der Waals surface area contributed by atoms with Crippen LogP contribution in [0, 0.1) is 0 Å². The van der Waals surface area contributed by atoms with E-state index in [1.807, 2.05) is 0 Å². The summed E-state index contributed by atoms with van der Waals surface area (Å²) in [6.07, 6.45) is 1.20. The Bertz CT molecular complexity index is 310. The van der Waals surface area contributed by atoms with Gasteiger partial charge in [-0.1, -0.05) is 0 Å². The topological polar surface area (TPSA) is 89.4 Å². The van der Waals surface area contributed by atoms with Crippen LogP contribution in [0.2, 0.25) is 0 Å². The average Bonchev–Trinajstić information content (AvgIpc) is 2.27. The third kappa shape index (κ3) is 1.87. The van der Waals surface area contributed by atoms with E-state index < -0.39 is 18.0 Å². The normalized spacial score (nSPS) is 19.3. The summed E-state index contributed by atoms with van der Waals surface area (Å²) in [6.45, 7) is 0. The van der Waals surface area contributed by atoms with E-state index in [1.165, 1.54) is 20.6 Å². The van der Waals surface area contributed by atoms with E-state index in [-0.39, 0.29) is 5.71 Å². The molecule has 1 N–H and O–H groups in total. The van der Waals surface area contributed by atoms with E-state index in [2.05, 4.69) is 25.0 Å². The Morgan fingerprint density at radius 2 is 2.14 bits per heavy atom. The molecule has 0 fully saturated rings. The number of carbonyl (C=O) groups is 2. The van der Waals surface area contributed by atoms with Crippen molar-refractivity contribution in [3.63, 3.8) is 0 Å². The largest absolute Gasteiger partial charge is 0.467 e. The van der Waals surface area contributed by atoms with Gasteiger partial charge in [-0.3, -0.25) is 10.4 Å². The van der Waals surface area contributed by atoms with Gasteiger partial charge in [0, 0.05) is 0 Å². The molecule has 1 heterocycles. The molecule has 0 bridgehead atoms. The molecule has 1 aliphatic rings. The van der Waals surface area contributed by atoms with Crippen molar-refractivity contribution in [1.29, 1.82) is 0 Å². The van der Waals surface area contributed by atoms with Crippen molar-refractivity contribution in [3.8, 4) is 0 Å². The predicted molar refractivity (Wildman–Crippen MR) is 46.9 cm³/mol. The molecule has 7 nitrogen and oxygen atoms in total. The first kappa shape index (κ1) is 10.2. The summed E-state index contributed by atoms with van der Waals surface area (Å²) in [6, 6.07) is -1.05. The van der Waals surface area contributed by atoms with Gasteiger partial charge in [-0.25, -0.2) is 9.59 Å². The second kappa shape index (κ2) is 4.35. The Morgan fingerprint density at radius 3 is 2.71 bits per heavy atom. The molecule has 7 heteroatoms. The van der Waals surface area contributed by atoms with Crippen LogP contribution in [0.4, 0.5) is 0 Å². The Hall–Kier alpha value is -1.92. The summed E-state index contributed by atoms with van der Waals surface area (Å²) < 4.78 is 8.87. The zero-order valence-corrected chi connectivity index (χ0v) is 7.68. The van der Waals surface area contributed by atoms with Gasteiger partial charge in [0.2, 0.25) is 0 Å². The van der Waals surface area contributed by atoms with Crippen molar-refractivity contribution >= 4 is 24.0 Å². The molecule has 1 atom stereocenters. The number of aliphatic imine (C=N–C) groups is 1. The molecule has 76 valence electrons. The van der Waals surface area contributed by atoms with E-state index in [1.54, 1.807) is 0 Å². The molecule has 0 radical (unpaired) electrons. The average molecular weight is 199 g/mol. The van der Waals surface area contributed by atoms with Gasteiger partial charge in [0.1, 0.15) is 6.34 Å². The van der Waals surface area contributed by atoms with Crippen LogP contribution in [0.1, 0.15) is 0 Å². The number of methoxy groups -OCH3 is 2. The van der Waals surface area contributed by atoms with Crippen molar-refractivity contribution in [1.82, 2.24) is 5.43 Å². The first-order chi connectivity index (χ1) is 6.70. The molecule has 0 amide bonds. The number of nitrogens with one attached hydrogen (secondary N) is 1. The summed E-state index contributed by atoms with van der Waals surface area (Å²) in [7, 11) is 2.40. The lowest BCUT2D eigenvalue weighted by Gasteiger charge is -2.13. The van der Waals surface area contributed by atoms with E-state index in [4.69, 9.17) is 0 Å². The molecule has 0 saturated carbocycles. The van der Waals surface area contributed by atoms with Crippen LogP contribution in [0.25, 0.3) is 0 Å². The number of rotatable bonds is 2. The molecular weight excluding hydrogens is 190 g/mol. The summed E-state index contributed by atoms with van der Waals surface area (Å²) in [5.41, 5.74) is 2.22. The number of ether oxygens (including phenoxy) is 2. The number of hydrazone groups is 1. The minimum Gasteiger partial charge on any atom is -0.467 e. The standard InChI is InChI=1S/C7H9N3O4/c1-13-6(11)4-5(7(12)14-2)10-9-3-8-4/h3-4H,1-2H3,(H,8,9). The van der Waals surface area contributed by atoms with Crippen molar-refractivity contribution in [3.05, 3.63) is 0 Å². The van der Waals surface area contributed by atoms with Crippen molar-refractivity contribution < 1.29 is 19.1 Å². The summed E-state index contributed by atoms with van der Waals surface area (Å²) in [4.78, 5) is 26.0. The molecular formula is C7H9N3O4. The van der Waals surface area contributed by atoms with E-state index in [0.29, 0.717) is 0 Å². The Kier molecular flexibility index (Phi) is 3.16. The van der Waals surface area contributed by atoms with E-state index >= 15 is 0 Å². The number of carbonyl (C=O) groups excluding carboxylic acids is 2. The lowest BCUT2D eigenvalue weighted by atomic mass is 10.2. The van der Waals surface area contributed by atoms with Gasteiger partial charge in [0.15, 0.2) is 11.8 Å². The SMILES string of the molecule is COC(=O)C1=NNC=NC1C(=O)OC. The number of hydrogen-bond acceptors (Lipinski definition) is 7. The maximum atomic E-state index is 11.1. The summed E-state index contributed by atoms with van der Waals surface area (Å²) >= 11 is 0. The second-order valence-corrected chi connectivity index (χ2v) is 2.32. The Labute approximate surface area is 79.8 Å². The maximum absolute atomic E-state index is 11.1. The van der Waals surface area contributed by atoms with Crippen molar-refractivity contribution in [2.24, 2.45) is 10.1 Å². The second-order valence-electron chi connectivity index (χ2n) is 2.32. The highest BCUT2D eigenvalue weighted by Gasteiger charge is 2.32. The Balaban J connectivity index is 2.86. The minimum atomic E-state index is -1.05. The lowest BCUT2D eigenvalue weighted by Crippen LogP contribution is -2.40. The predicted octanol–water partition coefficient (Wildman–Crippen LogP) is -1.31. The van der Waals surface area contributed by atoms with Crippen LogP contribution in [0.5, 0.6) is 0 Å². The zero-order valence-electron chi connectivity index (χ0n) is 7.68. The Morgan fingerprint density at radius 1 is 1.43 bits per heavy atom. The molecule has 0 aliphatic carbocycles. The molecule has 0 saturated heterocycles. The first-order valence-electron chi connectivity index (χ1n) is 3.71. The lowest BCUT2D eigenvalue weighted by molar-refractivity contribution is -0.142. The highest BCUT2D eigenvalue weighted by Crippen LogP contribution is 2.02. The summed E-state index contributed by atoms with van der Waals surface area (Å²) in [5, 5.41) is 3.59. The van der Waals surface area contributed by atoms with Gasteiger partial charge >= 0.3 is 11.9 Å². The number of esters is 2. The van der Waals surface area contributed by atoms with E-state index in [0.717, 1.165) is 0 Å². The van der Waals surface area contributed by atoms with E-state index in [9.17, 15) is 9.59 Å². The molecule has 0 spiro atoms. The molecule has 1 aliphatic heterocycles. The van der Waals surface area contributed by atoms with Crippen molar-refractivity contribution in [2.45, 2.75) is 6.04 Å². The van der Waals surface area contributed by atoms with Gasteiger partial charge in [-0.05, 0) is 0 Å². The minimum absolute atomic E-state index is 0.123. The van der Waals surface area contributed by atoms with Crippen LogP contribution < -0.4 is 5.43 Å². The van der Waals surface area contributed by atoms with Gasteiger partial charge < -0.3 is 9.47 Å². The highest BCUT2D eigenvalue weighted by atomic mass is 16.5. The fraction of sp³-hybridized carbons (Fsp3) is 0.429. The van der Waals surface area contributed by atoms with Crippen LogP contribution >= 0.6 is 0 Å². The number of nitrogens with zero attached hydrogens (tertiary/aromatic N) is 2. The quantitative estimate of drug-likeness (QED) is 0.557. The maximum Gasteiger partial charge on any atom is 0.357 e. The van der Waals surface area contributed by atoms with Crippen molar-refractivity contribution in [2.75, 3.05) is 14.2 Å². The van der Waals surface area contributed by atoms with Crippen LogP contribution in [0.15, 0.2) is 10.1 Å². The van der Waals surface area contributed by atoms with Gasteiger partial charge in [0.05, 0.1) is 14.2 Å². The third-order valence-corrected chi connectivity index (χ3v) is 1.54. The fourth-order valence-corrected chi connectivity index (χ4v) is 0.884. The van der Waals surface area contributed by atoms with Crippen LogP contribution in [-0.2, 0) is 19.1 Å². The molecule has 1 unspecified atom stereocenters. The molecule has 0 aromatic rings.